The van der Waals surface area contributed by atoms with Crippen LogP contribution < -0.4 is 10.6 Å². The number of carbonyl (C=O) groups excluding carboxylic acids is 1. The zero-order chi connectivity index (χ0) is 17.4. The minimum Gasteiger partial charge on any atom is -0.344 e. The van der Waals surface area contributed by atoms with Gasteiger partial charge in [0.15, 0.2) is 0 Å². The molecule has 0 fully saturated rings. The Hall–Kier alpha value is -3.68. The number of hydrogen-bond donors (Lipinski definition) is 2. The molecule has 8 heteroatoms. The van der Waals surface area contributed by atoms with E-state index in [-0.39, 0.29) is 11.6 Å². The fraction of sp³-hybridized carbons (Fsp3) is 0.0588. The number of nitrogens with zero attached hydrogens (tertiary/aromatic N) is 3. The Morgan fingerprint density at radius 1 is 1.08 bits per heavy atom. The van der Waals surface area contributed by atoms with Crippen molar-refractivity contribution < 1.29 is 9.72 Å². The van der Waals surface area contributed by atoms with Crippen molar-refractivity contribution in [3.8, 4) is 5.69 Å². The van der Waals surface area contributed by atoms with Gasteiger partial charge in [0.1, 0.15) is 12.0 Å². The maximum absolute atomic E-state index is 12.3. The quantitative estimate of drug-likeness (QED) is 0.566. The molecule has 1 amide bonds. The zero-order valence-corrected chi connectivity index (χ0v) is 12.9. The van der Waals surface area contributed by atoms with Crippen molar-refractivity contribution in [1.82, 2.24) is 14.9 Å². The summed E-state index contributed by atoms with van der Waals surface area (Å²) in [6.45, 7) is 0. The Bertz CT molecular complexity index is 964. The molecule has 0 radical (unpaired) electrons. The second-order valence-electron chi connectivity index (χ2n) is 5.53. The number of aromatic nitrogens is 2. The molecule has 1 aromatic carbocycles. The van der Waals surface area contributed by atoms with Crippen molar-refractivity contribution in [3.63, 3.8) is 0 Å². The minimum absolute atomic E-state index is 0.0275. The third-order valence-corrected chi connectivity index (χ3v) is 4.02. The second kappa shape index (κ2) is 5.75. The number of fused-ring (bicyclic) bond motifs is 1. The maximum Gasteiger partial charge on any atom is 0.269 e. The van der Waals surface area contributed by atoms with Crippen LogP contribution in [0.2, 0.25) is 0 Å². The predicted molar refractivity (Wildman–Crippen MR) is 90.5 cm³/mol. The van der Waals surface area contributed by atoms with Crippen LogP contribution >= 0.6 is 0 Å². The van der Waals surface area contributed by atoms with Crippen molar-refractivity contribution in [2.75, 3.05) is 5.32 Å². The van der Waals surface area contributed by atoms with Gasteiger partial charge in [0.05, 0.1) is 16.2 Å². The van der Waals surface area contributed by atoms with Gasteiger partial charge in [-0.3, -0.25) is 14.9 Å². The molecule has 25 heavy (non-hydrogen) atoms. The SMILES string of the molecule is O=C1NC(c2cccn2-c2ccc([N+](=O)[O-])cc2)Nc2ncccc21. The molecule has 0 spiro atoms. The Morgan fingerprint density at radius 3 is 2.64 bits per heavy atom. The number of carbonyl (C=O) groups is 1. The molecule has 0 saturated heterocycles. The molecule has 1 unspecified atom stereocenters. The van der Waals surface area contributed by atoms with Crippen LogP contribution in [-0.2, 0) is 0 Å². The van der Waals surface area contributed by atoms with Gasteiger partial charge in [0.25, 0.3) is 11.6 Å². The standard InChI is InChI=1S/C17H13N5O3/c23-17-13-3-1-9-18-15(13)19-16(20-17)14-4-2-10-21(14)11-5-7-12(8-6-11)22(24)25/h1-10,16H,(H,18,19)(H,20,23). The van der Waals surface area contributed by atoms with E-state index in [2.05, 4.69) is 15.6 Å². The van der Waals surface area contributed by atoms with Gasteiger partial charge in [-0.2, -0.15) is 0 Å². The van der Waals surface area contributed by atoms with E-state index in [0.717, 1.165) is 11.4 Å². The molecule has 0 bridgehead atoms. The molecular weight excluding hydrogens is 322 g/mol. The summed E-state index contributed by atoms with van der Waals surface area (Å²) in [4.78, 5) is 26.9. The lowest BCUT2D eigenvalue weighted by molar-refractivity contribution is -0.384. The average Bonchev–Trinajstić information content (AvgIpc) is 3.11. The third-order valence-electron chi connectivity index (χ3n) is 4.02. The first-order valence-corrected chi connectivity index (χ1v) is 7.58. The van der Waals surface area contributed by atoms with Crippen LogP contribution in [0, 0.1) is 10.1 Å². The molecule has 0 aliphatic carbocycles. The number of rotatable bonds is 3. The first kappa shape index (κ1) is 14.9. The fourth-order valence-electron chi connectivity index (χ4n) is 2.83. The molecule has 0 saturated carbocycles. The van der Waals surface area contributed by atoms with Crippen LogP contribution in [0.5, 0.6) is 0 Å². The van der Waals surface area contributed by atoms with Gasteiger partial charge in [-0.25, -0.2) is 4.98 Å². The summed E-state index contributed by atoms with van der Waals surface area (Å²) in [5.41, 5.74) is 2.07. The van der Waals surface area contributed by atoms with E-state index >= 15 is 0 Å². The molecule has 1 atom stereocenters. The Morgan fingerprint density at radius 2 is 1.88 bits per heavy atom. The van der Waals surface area contributed by atoms with E-state index < -0.39 is 11.1 Å². The van der Waals surface area contributed by atoms with Gasteiger partial charge in [-0.1, -0.05) is 0 Å². The summed E-state index contributed by atoms with van der Waals surface area (Å²) < 4.78 is 1.86. The summed E-state index contributed by atoms with van der Waals surface area (Å²) in [6, 6.07) is 13.4. The van der Waals surface area contributed by atoms with Crippen molar-refractivity contribution in [1.29, 1.82) is 0 Å². The van der Waals surface area contributed by atoms with Crippen LogP contribution in [0.3, 0.4) is 0 Å². The summed E-state index contributed by atoms with van der Waals surface area (Å²) in [7, 11) is 0. The molecular formula is C17H13N5O3. The highest BCUT2D eigenvalue weighted by molar-refractivity contribution is 6.00. The molecule has 1 aliphatic heterocycles. The molecule has 124 valence electrons. The molecule has 3 aromatic rings. The first-order valence-electron chi connectivity index (χ1n) is 7.58. The van der Waals surface area contributed by atoms with Crippen molar-refractivity contribution in [2.45, 2.75) is 6.17 Å². The Kier molecular flexibility index (Phi) is 3.42. The van der Waals surface area contributed by atoms with Crippen LogP contribution in [0.25, 0.3) is 5.69 Å². The molecule has 4 rings (SSSR count). The van der Waals surface area contributed by atoms with Gasteiger partial charge >= 0.3 is 0 Å². The highest BCUT2D eigenvalue weighted by atomic mass is 16.6. The van der Waals surface area contributed by atoms with E-state index in [4.69, 9.17) is 0 Å². The summed E-state index contributed by atoms with van der Waals surface area (Å²) in [6.07, 6.45) is 3.00. The van der Waals surface area contributed by atoms with Crippen LogP contribution in [0.4, 0.5) is 11.5 Å². The highest BCUT2D eigenvalue weighted by Crippen LogP contribution is 2.27. The summed E-state index contributed by atoms with van der Waals surface area (Å²) >= 11 is 0. The van der Waals surface area contributed by atoms with Crippen molar-refractivity contribution >= 4 is 17.4 Å². The largest absolute Gasteiger partial charge is 0.344 e. The topological polar surface area (TPSA) is 102 Å². The van der Waals surface area contributed by atoms with E-state index in [9.17, 15) is 14.9 Å². The summed E-state index contributed by atoms with van der Waals surface area (Å²) in [5, 5.41) is 16.9. The van der Waals surface area contributed by atoms with E-state index in [1.807, 2.05) is 22.9 Å². The molecule has 8 nitrogen and oxygen atoms in total. The van der Waals surface area contributed by atoms with E-state index in [1.54, 1.807) is 30.5 Å². The number of anilines is 1. The van der Waals surface area contributed by atoms with E-state index in [0.29, 0.717) is 11.4 Å². The van der Waals surface area contributed by atoms with Crippen LogP contribution in [0.1, 0.15) is 22.2 Å². The number of hydrogen-bond acceptors (Lipinski definition) is 5. The number of nitro benzene ring substituents is 1. The lowest BCUT2D eigenvalue weighted by Gasteiger charge is -2.27. The van der Waals surface area contributed by atoms with Crippen LogP contribution in [0.15, 0.2) is 60.9 Å². The zero-order valence-electron chi connectivity index (χ0n) is 12.9. The number of benzene rings is 1. The van der Waals surface area contributed by atoms with Gasteiger partial charge in [-0.05, 0) is 36.4 Å². The lowest BCUT2D eigenvalue weighted by atomic mass is 10.1. The number of nitro groups is 1. The second-order valence-corrected chi connectivity index (χ2v) is 5.53. The van der Waals surface area contributed by atoms with Gasteiger partial charge in [0.2, 0.25) is 0 Å². The van der Waals surface area contributed by atoms with E-state index in [1.165, 1.54) is 12.1 Å². The van der Waals surface area contributed by atoms with Crippen molar-refractivity contribution in [3.05, 3.63) is 82.3 Å². The highest BCUT2D eigenvalue weighted by Gasteiger charge is 2.27. The fourth-order valence-corrected chi connectivity index (χ4v) is 2.83. The first-order chi connectivity index (χ1) is 12.1. The molecule has 2 aromatic heterocycles. The normalized spacial score (nSPS) is 15.8. The summed E-state index contributed by atoms with van der Waals surface area (Å²) in [5.74, 6) is 0.316. The molecule has 2 N–H and O–H groups in total. The number of amides is 1. The molecule has 1 aliphatic rings. The van der Waals surface area contributed by atoms with Gasteiger partial charge < -0.3 is 15.2 Å². The number of pyridine rings is 1. The van der Waals surface area contributed by atoms with Crippen molar-refractivity contribution in [2.24, 2.45) is 0 Å². The Labute approximate surface area is 142 Å². The average molecular weight is 335 g/mol. The smallest absolute Gasteiger partial charge is 0.269 e. The number of non-ortho nitro benzene ring substituents is 1. The number of nitrogens with one attached hydrogen (secondary N) is 2. The molecule has 3 heterocycles. The predicted octanol–water partition coefficient (Wildman–Crippen LogP) is 2.63. The lowest BCUT2D eigenvalue weighted by Crippen LogP contribution is -2.39. The van der Waals surface area contributed by atoms with Crippen LogP contribution in [-0.4, -0.2) is 20.4 Å². The Balaban J connectivity index is 1.69. The van der Waals surface area contributed by atoms with Gasteiger partial charge in [0, 0.05) is 30.2 Å². The monoisotopic (exact) mass is 335 g/mol. The third kappa shape index (κ3) is 2.59. The maximum atomic E-state index is 12.3. The van der Waals surface area contributed by atoms with Gasteiger partial charge in [-0.15, -0.1) is 0 Å². The minimum atomic E-state index is -0.458.